The third-order valence-electron chi connectivity index (χ3n) is 4.57. The summed E-state index contributed by atoms with van der Waals surface area (Å²) in [6, 6.07) is 0.702. The summed E-state index contributed by atoms with van der Waals surface area (Å²) in [6.45, 7) is 8.22. The summed E-state index contributed by atoms with van der Waals surface area (Å²) in [4.78, 5) is 0. The second-order valence-corrected chi connectivity index (χ2v) is 5.93. The van der Waals surface area contributed by atoms with Gasteiger partial charge in [0.2, 0.25) is 0 Å². The van der Waals surface area contributed by atoms with Gasteiger partial charge in [-0.3, -0.25) is 0 Å². The van der Waals surface area contributed by atoms with Crippen LogP contribution in [0.4, 0.5) is 0 Å². The molecule has 2 fully saturated rings. The summed E-state index contributed by atoms with van der Waals surface area (Å²) in [5.74, 6) is 0.841. The molecule has 2 aliphatic rings. The molecule has 0 amide bonds. The molecule has 18 heavy (non-hydrogen) atoms. The van der Waals surface area contributed by atoms with Crippen molar-refractivity contribution in [2.24, 2.45) is 5.92 Å². The molecule has 2 aliphatic heterocycles. The third kappa shape index (κ3) is 3.69. The van der Waals surface area contributed by atoms with E-state index in [1.54, 1.807) is 0 Å². The Balaban J connectivity index is 1.75. The van der Waals surface area contributed by atoms with Crippen LogP contribution in [0.1, 0.15) is 52.4 Å². The summed E-state index contributed by atoms with van der Waals surface area (Å²) in [5, 5.41) is 3.58. The molecule has 0 aromatic heterocycles. The van der Waals surface area contributed by atoms with E-state index in [-0.39, 0.29) is 5.60 Å². The summed E-state index contributed by atoms with van der Waals surface area (Å²) in [6.07, 6.45) is 7.46. The van der Waals surface area contributed by atoms with Crippen LogP contribution in [0.2, 0.25) is 0 Å². The van der Waals surface area contributed by atoms with Gasteiger partial charge in [-0.05, 0) is 44.6 Å². The summed E-state index contributed by atoms with van der Waals surface area (Å²) >= 11 is 0. The van der Waals surface area contributed by atoms with Crippen LogP contribution >= 0.6 is 0 Å². The molecule has 3 atom stereocenters. The fourth-order valence-corrected chi connectivity index (χ4v) is 3.42. The van der Waals surface area contributed by atoms with Crippen LogP contribution in [0.25, 0.3) is 0 Å². The topological polar surface area (TPSA) is 30.5 Å². The maximum absolute atomic E-state index is 6.00. The fourth-order valence-electron chi connectivity index (χ4n) is 3.42. The van der Waals surface area contributed by atoms with E-state index in [4.69, 9.17) is 9.47 Å². The molecule has 3 unspecified atom stereocenters. The van der Waals surface area contributed by atoms with E-state index in [0.717, 1.165) is 38.7 Å². The zero-order valence-electron chi connectivity index (χ0n) is 12.0. The smallest absolute Gasteiger partial charge is 0.0939 e. The van der Waals surface area contributed by atoms with E-state index in [0.29, 0.717) is 6.04 Å². The van der Waals surface area contributed by atoms with Gasteiger partial charge in [-0.1, -0.05) is 13.8 Å². The lowest BCUT2D eigenvalue weighted by molar-refractivity contribution is -0.0992. The van der Waals surface area contributed by atoms with Crippen LogP contribution in [0.15, 0.2) is 0 Å². The lowest BCUT2D eigenvalue weighted by Gasteiger charge is -2.37. The molecule has 1 N–H and O–H groups in total. The number of rotatable bonds is 6. The number of hydrogen-bond acceptors (Lipinski definition) is 3. The number of hydrogen-bond donors (Lipinski definition) is 1. The van der Waals surface area contributed by atoms with Crippen molar-refractivity contribution in [3.05, 3.63) is 0 Å². The monoisotopic (exact) mass is 255 g/mol. The predicted molar refractivity (Wildman–Crippen MR) is 73.8 cm³/mol. The minimum Gasteiger partial charge on any atom is -0.378 e. The maximum atomic E-state index is 6.00. The Morgan fingerprint density at radius 2 is 2.22 bits per heavy atom. The molecule has 106 valence electrons. The Morgan fingerprint density at radius 1 is 1.33 bits per heavy atom. The normalized spacial score (nSPS) is 34.0. The average molecular weight is 255 g/mol. The van der Waals surface area contributed by atoms with Crippen molar-refractivity contribution >= 4 is 0 Å². The summed E-state index contributed by atoms with van der Waals surface area (Å²) in [5.41, 5.74) is 0.0861. The van der Waals surface area contributed by atoms with Crippen LogP contribution < -0.4 is 5.32 Å². The Hall–Kier alpha value is -0.120. The molecule has 0 aromatic carbocycles. The molecule has 3 nitrogen and oxygen atoms in total. The van der Waals surface area contributed by atoms with Gasteiger partial charge in [0.25, 0.3) is 0 Å². The lowest BCUT2D eigenvalue weighted by atomic mass is 9.82. The zero-order chi connectivity index (χ0) is 12.8. The van der Waals surface area contributed by atoms with E-state index in [1.807, 2.05) is 0 Å². The standard InChI is InChI=1S/C15H29NO2/c1-3-14(16-4-2)6-5-13-7-9-18-15(11-13)8-10-17-12-15/h13-14,16H,3-12H2,1-2H3. The minimum absolute atomic E-state index is 0.0861. The first-order chi connectivity index (χ1) is 8.78. The highest BCUT2D eigenvalue weighted by Gasteiger charge is 2.40. The van der Waals surface area contributed by atoms with Crippen molar-refractivity contribution in [1.29, 1.82) is 0 Å². The van der Waals surface area contributed by atoms with E-state index in [9.17, 15) is 0 Å². The van der Waals surface area contributed by atoms with Crippen molar-refractivity contribution in [1.82, 2.24) is 5.32 Å². The molecule has 2 rings (SSSR count). The Morgan fingerprint density at radius 3 is 2.89 bits per heavy atom. The molecule has 1 spiro atoms. The first-order valence-corrected chi connectivity index (χ1v) is 7.73. The third-order valence-corrected chi connectivity index (χ3v) is 4.57. The minimum atomic E-state index is 0.0861. The molecule has 2 heterocycles. The Kier molecular flexibility index (Phi) is 5.46. The van der Waals surface area contributed by atoms with Crippen LogP contribution in [-0.2, 0) is 9.47 Å². The first kappa shape index (κ1) is 14.3. The molecular weight excluding hydrogens is 226 g/mol. The van der Waals surface area contributed by atoms with Crippen LogP contribution in [0, 0.1) is 5.92 Å². The van der Waals surface area contributed by atoms with Gasteiger partial charge in [-0.15, -0.1) is 0 Å². The van der Waals surface area contributed by atoms with Crippen molar-refractivity contribution in [3.63, 3.8) is 0 Å². The van der Waals surface area contributed by atoms with Gasteiger partial charge in [-0.2, -0.15) is 0 Å². The highest BCUT2D eigenvalue weighted by atomic mass is 16.6. The van der Waals surface area contributed by atoms with Gasteiger partial charge in [0.05, 0.1) is 12.2 Å². The SMILES string of the molecule is CCNC(CC)CCC1CCOC2(CCOC2)C1. The van der Waals surface area contributed by atoms with Crippen molar-refractivity contribution in [2.45, 2.75) is 64.0 Å². The molecule has 3 heteroatoms. The molecule has 0 bridgehead atoms. The predicted octanol–water partition coefficient (Wildman–Crippen LogP) is 2.74. The first-order valence-electron chi connectivity index (χ1n) is 7.73. The van der Waals surface area contributed by atoms with E-state index in [1.165, 1.54) is 32.1 Å². The summed E-state index contributed by atoms with van der Waals surface area (Å²) in [7, 11) is 0. The molecule has 0 radical (unpaired) electrons. The Bertz CT molecular complexity index is 239. The van der Waals surface area contributed by atoms with Crippen molar-refractivity contribution in [2.75, 3.05) is 26.4 Å². The second-order valence-electron chi connectivity index (χ2n) is 5.93. The fraction of sp³-hybridized carbons (Fsp3) is 1.00. The number of ether oxygens (including phenoxy) is 2. The summed E-state index contributed by atoms with van der Waals surface area (Å²) < 4.78 is 11.5. The molecular formula is C15H29NO2. The van der Waals surface area contributed by atoms with Gasteiger partial charge in [0.1, 0.15) is 0 Å². The molecule has 0 aliphatic carbocycles. The van der Waals surface area contributed by atoms with Gasteiger partial charge >= 0.3 is 0 Å². The van der Waals surface area contributed by atoms with Gasteiger partial charge in [0, 0.05) is 25.7 Å². The zero-order valence-corrected chi connectivity index (χ0v) is 12.0. The maximum Gasteiger partial charge on any atom is 0.0939 e. The highest BCUT2D eigenvalue weighted by Crippen LogP contribution is 2.37. The van der Waals surface area contributed by atoms with Crippen molar-refractivity contribution in [3.8, 4) is 0 Å². The quantitative estimate of drug-likeness (QED) is 0.791. The Labute approximate surface area is 112 Å². The largest absolute Gasteiger partial charge is 0.378 e. The van der Waals surface area contributed by atoms with Gasteiger partial charge in [-0.25, -0.2) is 0 Å². The average Bonchev–Trinajstić information content (AvgIpc) is 2.82. The molecule has 0 aromatic rings. The lowest BCUT2D eigenvalue weighted by Crippen LogP contribution is -2.40. The van der Waals surface area contributed by atoms with E-state index in [2.05, 4.69) is 19.2 Å². The van der Waals surface area contributed by atoms with Crippen LogP contribution in [-0.4, -0.2) is 38.0 Å². The van der Waals surface area contributed by atoms with Gasteiger partial charge < -0.3 is 14.8 Å². The number of nitrogens with one attached hydrogen (secondary N) is 1. The van der Waals surface area contributed by atoms with Gasteiger partial charge in [0.15, 0.2) is 0 Å². The molecule has 2 saturated heterocycles. The van der Waals surface area contributed by atoms with Crippen molar-refractivity contribution < 1.29 is 9.47 Å². The van der Waals surface area contributed by atoms with E-state index < -0.39 is 0 Å². The molecule has 0 saturated carbocycles. The second kappa shape index (κ2) is 6.88. The highest BCUT2D eigenvalue weighted by molar-refractivity contribution is 4.90. The van der Waals surface area contributed by atoms with E-state index >= 15 is 0 Å². The van der Waals surface area contributed by atoms with Crippen LogP contribution in [0.3, 0.4) is 0 Å². The van der Waals surface area contributed by atoms with Crippen LogP contribution in [0.5, 0.6) is 0 Å².